The molecule has 0 radical (unpaired) electrons. The van der Waals surface area contributed by atoms with Crippen LogP contribution in [0.1, 0.15) is 36.2 Å². The summed E-state index contributed by atoms with van der Waals surface area (Å²) in [7, 11) is 0. The Kier molecular flexibility index (Phi) is 5.90. The third-order valence-electron chi connectivity index (χ3n) is 3.19. The molecule has 3 heteroatoms. The number of aryl methyl sites for hydroxylation is 1. The molecular formula is C16H20ClNS. The number of rotatable bonds is 7. The molecule has 0 spiro atoms. The lowest BCUT2D eigenvalue weighted by Gasteiger charge is -2.16. The lowest BCUT2D eigenvalue weighted by molar-refractivity contribution is 0.505. The summed E-state index contributed by atoms with van der Waals surface area (Å²) in [5.74, 6) is 0. The Morgan fingerprint density at radius 2 is 1.95 bits per heavy atom. The van der Waals surface area contributed by atoms with E-state index in [0.29, 0.717) is 6.04 Å². The van der Waals surface area contributed by atoms with Gasteiger partial charge in [0.05, 0.1) is 4.34 Å². The van der Waals surface area contributed by atoms with Gasteiger partial charge in [0.2, 0.25) is 0 Å². The van der Waals surface area contributed by atoms with E-state index in [-0.39, 0.29) is 0 Å². The average Bonchev–Trinajstić information content (AvgIpc) is 2.86. The minimum atomic E-state index is 0.436. The fourth-order valence-corrected chi connectivity index (χ4v) is 3.43. The Balaban J connectivity index is 1.87. The van der Waals surface area contributed by atoms with Gasteiger partial charge in [0.1, 0.15) is 0 Å². The monoisotopic (exact) mass is 293 g/mol. The smallest absolute Gasteiger partial charge is 0.0931 e. The van der Waals surface area contributed by atoms with Crippen LogP contribution in [-0.4, -0.2) is 6.54 Å². The molecule has 1 nitrogen and oxygen atoms in total. The van der Waals surface area contributed by atoms with Crippen LogP contribution in [-0.2, 0) is 6.42 Å². The van der Waals surface area contributed by atoms with E-state index in [1.165, 1.54) is 16.9 Å². The van der Waals surface area contributed by atoms with Gasteiger partial charge in [-0.2, -0.15) is 0 Å². The van der Waals surface area contributed by atoms with Crippen LogP contribution in [0.25, 0.3) is 0 Å². The molecule has 0 bridgehead atoms. The fraction of sp³-hybridized carbons (Fsp3) is 0.375. The summed E-state index contributed by atoms with van der Waals surface area (Å²) in [6.07, 6.45) is 3.48. The second kappa shape index (κ2) is 7.68. The maximum atomic E-state index is 6.03. The Labute approximate surface area is 124 Å². The minimum absolute atomic E-state index is 0.436. The van der Waals surface area contributed by atoms with E-state index in [4.69, 9.17) is 11.6 Å². The molecule has 102 valence electrons. The number of halogens is 1. The molecular weight excluding hydrogens is 274 g/mol. The number of hydrogen-bond donors (Lipinski definition) is 1. The van der Waals surface area contributed by atoms with Gasteiger partial charge < -0.3 is 5.32 Å². The van der Waals surface area contributed by atoms with Gasteiger partial charge in [-0.3, -0.25) is 0 Å². The predicted octanol–water partition coefficient (Wildman–Crippen LogP) is 5.08. The topological polar surface area (TPSA) is 12.0 Å². The van der Waals surface area contributed by atoms with E-state index >= 15 is 0 Å². The molecule has 1 N–H and O–H groups in total. The van der Waals surface area contributed by atoms with E-state index in [1.54, 1.807) is 11.3 Å². The molecule has 0 aliphatic carbocycles. The molecule has 2 rings (SSSR count). The van der Waals surface area contributed by atoms with Gasteiger partial charge in [-0.05, 0) is 43.5 Å². The summed E-state index contributed by atoms with van der Waals surface area (Å²) in [6.45, 7) is 3.14. The average molecular weight is 294 g/mol. The van der Waals surface area contributed by atoms with E-state index in [1.807, 2.05) is 6.07 Å². The number of thiophene rings is 1. The van der Waals surface area contributed by atoms with Crippen molar-refractivity contribution in [3.05, 3.63) is 57.2 Å². The van der Waals surface area contributed by atoms with Crippen LogP contribution in [0.5, 0.6) is 0 Å². The predicted molar refractivity (Wildman–Crippen MR) is 85.1 cm³/mol. The van der Waals surface area contributed by atoms with Crippen LogP contribution in [0.2, 0.25) is 4.34 Å². The Morgan fingerprint density at radius 3 is 2.58 bits per heavy atom. The number of benzene rings is 1. The first-order valence-electron chi connectivity index (χ1n) is 6.82. The third kappa shape index (κ3) is 4.64. The molecule has 19 heavy (non-hydrogen) atoms. The molecule has 1 heterocycles. The maximum absolute atomic E-state index is 6.03. The fourth-order valence-electron chi connectivity index (χ4n) is 2.26. The van der Waals surface area contributed by atoms with Crippen molar-refractivity contribution >= 4 is 22.9 Å². The summed E-state index contributed by atoms with van der Waals surface area (Å²) in [5.41, 5.74) is 1.42. The van der Waals surface area contributed by atoms with E-state index < -0.39 is 0 Å². The van der Waals surface area contributed by atoms with Gasteiger partial charge in [-0.25, -0.2) is 0 Å². The van der Waals surface area contributed by atoms with Crippen molar-refractivity contribution in [2.45, 2.75) is 32.2 Å². The first kappa shape index (κ1) is 14.6. The van der Waals surface area contributed by atoms with Gasteiger partial charge in [0, 0.05) is 10.9 Å². The van der Waals surface area contributed by atoms with E-state index in [0.717, 1.165) is 23.7 Å². The van der Waals surface area contributed by atoms with Crippen molar-refractivity contribution in [1.29, 1.82) is 0 Å². The molecule has 0 saturated carbocycles. The summed E-state index contributed by atoms with van der Waals surface area (Å²) in [5, 5.41) is 3.55. The van der Waals surface area contributed by atoms with Crippen LogP contribution < -0.4 is 5.32 Å². The highest BCUT2D eigenvalue weighted by Crippen LogP contribution is 2.29. The summed E-state index contributed by atoms with van der Waals surface area (Å²) < 4.78 is 0.876. The lowest BCUT2D eigenvalue weighted by Crippen LogP contribution is -2.20. The zero-order valence-electron chi connectivity index (χ0n) is 11.2. The van der Waals surface area contributed by atoms with Crippen LogP contribution in [0.4, 0.5) is 0 Å². The molecule has 1 atom stereocenters. The highest BCUT2D eigenvalue weighted by molar-refractivity contribution is 7.16. The van der Waals surface area contributed by atoms with E-state index in [9.17, 15) is 0 Å². The molecule has 1 aromatic carbocycles. The molecule has 0 saturated heterocycles. The van der Waals surface area contributed by atoms with Gasteiger partial charge in [-0.15, -0.1) is 11.3 Å². The Morgan fingerprint density at radius 1 is 1.16 bits per heavy atom. The van der Waals surface area contributed by atoms with Crippen molar-refractivity contribution in [2.75, 3.05) is 6.54 Å². The minimum Gasteiger partial charge on any atom is -0.310 e. The van der Waals surface area contributed by atoms with Gasteiger partial charge in [-0.1, -0.05) is 48.9 Å². The molecule has 0 aliphatic heterocycles. The molecule has 0 aliphatic rings. The lowest BCUT2D eigenvalue weighted by atomic mass is 10.0. The summed E-state index contributed by atoms with van der Waals surface area (Å²) in [6, 6.07) is 15.2. The highest BCUT2D eigenvalue weighted by Gasteiger charge is 2.12. The first-order valence-corrected chi connectivity index (χ1v) is 8.01. The van der Waals surface area contributed by atoms with Crippen LogP contribution in [0.15, 0.2) is 42.5 Å². The van der Waals surface area contributed by atoms with E-state index in [2.05, 4.69) is 48.6 Å². The van der Waals surface area contributed by atoms with Crippen molar-refractivity contribution in [1.82, 2.24) is 5.32 Å². The number of nitrogens with one attached hydrogen (secondary N) is 1. The summed E-state index contributed by atoms with van der Waals surface area (Å²) in [4.78, 5) is 1.35. The molecule has 1 unspecified atom stereocenters. The molecule has 1 aromatic heterocycles. The SMILES string of the molecule is CCNC(CCCc1ccccc1)c1ccc(Cl)s1. The third-order valence-corrected chi connectivity index (χ3v) is 4.53. The van der Waals surface area contributed by atoms with Crippen LogP contribution in [0, 0.1) is 0 Å². The molecule has 2 aromatic rings. The van der Waals surface area contributed by atoms with Gasteiger partial charge in [0.15, 0.2) is 0 Å². The zero-order chi connectivity index (χ0) is 13.5. The van der Waals surface area contributed by atoms with Crippen LogP contribution >= 0.6 is 22.9 Å². The largest absolute Gasteiger partial charge is 0.310 e. The second-order valence-electron chi connectivity index (χ2n) is 4.63. The quantitative estimate of drug-likeness (QED) is 0.751. The van der Waals surface area contributed by atoms with Crippen molar-refractivity contribution in [3.8, 4) is 0 Å². The highest BCUT2D eigenvalue weighted by atomic mass is 35.5. The standard InChI is InChI=1S/C16H20ClNS/c1-2-18-14(15-11-12-16(17)19-15)10-6-9-13-7-4-3-5-8-13/h3-5,7-8,11-12,14,18H,2,6,9-10H2,1H3. The Hall–Kier alpha value is -0.830. The zero-order valence-corrected chi connectivity index (χ0v) is 12.8. The van der Waals surface area contributed by atoms with Gasteiger partial charge >= 0.3 is 0 Å². The van der Waals surface area contributed by atoms with Crippen molar-refractivity contribution < 1.29 is 0 Å². The van der Waals surface area contributed by atoms with Crippen molar-refractivity contribution in [2.24, 2.45) is 0 Å². The van der Waals surface area contributed by atoms with Crippen LogP contribution in [0.3, 0.4) is 0 Å². The second-order valence-corrected chi connectivity index (χ2v) is 6.38. The summed E-state index contributed by atoms with van der Waals surface area (Å²) >= 11 is 7.71. The molecule has 0 amide bonds. The maximum Gasteiger partial charge on any atom is 0.0931 e. The normalized spacial score (nSPS) is 12.5. The Bertz CT molecular complexity index is 481. The van der Waals surface area contributed by atoms with Crippen molar-refractivity contribution in [3.63, 3.8) is 0 Å². The van der Waals surface area contributed by atoms with Gasteiger partial charge in [0.25, 0.3) is 0 Å². The first-order chi connectivity index (χ1) is 9.29. The molecule has 0 fully saturated rings. The number of hydrogen-bond acceptors (Lipinski definition) is 2.